The van der Waals surface area contributed by atoms with Crippen molar-refractivity contribution >= 4 is 21.5 Å². The Balaban J connectivity index is 1.72. The van der Waals surface area contributed by atoms with Crippen LogP contribution in [0.25, 0.3) is 11.1 Å². The van der Waals surface area contributed by atoms with Gasteiger partial charge in [0.15, 0.2) is 14.6 Å². The average Bonchev–Trinajstić information content (AvgIpc) is 3.15. The number of benzene rings is 1. The summed E-state index contributed by atoms with van der Waals surface area (Å²) in [4.78, 5) is 21.7. The van der Waals surface area contributed by atoms with E-state index in [0.717, 1.165) is 28.6 Å². The number of carbonyl (C=O) groups excluding carboxylic acids is 1. The molecular weight excluding hydrogens is 394 g/mol. The molecule has 1 unspecified atom stereocenters. The van der Waals surface area contributed by atoms with E-state index in [9.17, 15) is 13.2 Å². The summed E-state index contributed by atoms with van der Waals surface area (Å²) in [5.74, 6) is -0.992. The molecule has 1 aliphatic rings. The SMILES string of the molecule is Cc1ccc(-c2ccc(C3=NO[C@@H](CC(C)(C(=O)NO)S(C)(=O)=O)C3)cc2)cn1. The van der Waals surface area contributed by atoms with Gasteiger partial charge in [-0.05, 0) is 31.0 Å². The van der Waals surface area contributed by atoms with Crippen LogP contribution in [0.2, 0.25) is 0 Å². The topological polar surface area (TPSA) is 118 Å². The number of nitrogens with one attached hydrogen (secondary N) is 1. The van der Waals surface area contributed by atoms with Crippen LogP contribution in [0.1, 0.15) is 31.0 Å². The maximum absolute atomic E-state index is 12.1. The fourth-order valence-corrected chi connectivity index (χ4v) is 4.04. The van der Waals surface area contributed by atoms with Gasteiger partial charge in [-0.3, -0.25) is 15.0 Å². The third-order valence-corrected chi connectivity index (χ3v) is 7.20. The Hall–Kier alpha value is -2.78. The molecule has 1 aromatic heterocycles. The van der Waals surface area contributed by atoms with Gasteiger partial charge in [0.25, 0.3) is 5.91 Å². The van der Waals surface area contributed by atoms with Gasteiger partial charge >= 0.3 is 0 Å². The van der Waals surface area contributed by atoms with E-state index in [0.29, 0.717) is 12.1 Å². The number of pyridine rings is 1. The highest BCUT2D eigenvalue weighted by Gasteiger charge is 2.47. The molecule has 0 fully saturated rings. The number of rotatable bonds is 6. The average molecular weight is 417 g/mol. The van der Waals surface area contributed by atoms with Gasteiger partial charge in [0.05, 0.1) is 5.71 Å². The minimum absolute atomic E-state index is 0.127. The summed E-state index contributed by atoms with van der Waals surface area (Å²) in [5.41, 5.74) is 5.93. The first kappa shape index (κ1) is 20.9. The van der Waals surface area contributed by atoms with Crippen LogP contribution in [0, 0.1) is 6.92 Å². The number of nitrogens with zero attached hydrogens (tertiary/aromatic N) is 2. The lowest BCUT2D eigenvalue weighted by Gasteiger charge is -2.26. The summed E-state index contributed by atoms with van der Waals surface area (Å²) in [5, 5.41) is 13.0. The quantitative estimate of drug-likeness (QED) is 0.550. The smallest absolute Gasteiger partial charge is 0.264 e. The van der Waals surface area contributed by atoms with Crippen LogP contribution in [0.15, 0.2) is 47.8 Å². The molecule has 1 aliphatic heterocycles. The molecule has 2 atom stereocenters. The Morgan fingerprint density at radius 1 is 1.21 bits per heavy atom. The maximum Gasteiger partial charge on any atom is 0.264 e. The van der Waals surface area contributed by atoms with Crippen LogP contribution < -0.4 is 5.48 Å². The molecule has 3 rings (SSSR count). The van der Waals surface area contributed by atoms with Gasteiger partial charge in [-0.1, -0.05) is 35.5 Å². The van der Waals surface area contributed by atoms with Crippen molar-refractivity contribution in [1.82, 2.24) is 10.5 Å². The van der Waals surface area contributed by atoms with Crippen molar-refractivity contribution < 1.29 is 23.3 Å². The van der Waals surface area contributed by atoms with Gasteiger partial charge < -0.3 is 4.84 Å². The van der Waals surface area contributed by atoms with Crippen molar-refractivity contribution in [2.45, 2.75) is 37.5 Å². The van der Waals surface area contributed by atoms with Crippen molar-refractivity contribution in [2.24, 2.45) is 5.16 Å². The van der Waals surface area contributed by atoms with E-state index in [1.54, 1.807) is 0 Å². The first-order chi connectivity index (χ1) is 13.6. The zero-order valence-electron chi connectivity index (χ0n) is 16.4. The predicted octanol–water partition coefficient (Wildman–Crippen LogP) is 2.25. The molecule has 2 aromatic rings. The number of carbonyl (C=O) groups is 1. The van der Waals surface area contributed by atoms with E-state index in [1.807, 2.05) is 49.5 Å². The number of hydrogen-bond acceptors (Lipinski definition) is 7. The number of amides is 1. The number of oxime groups is 1. The second-order valence-electron chi connectivity index (χ2n) is 7.38. The molecule has 0 radical (unpaired) electrons. The van der Waals surface area contributed by atoms with Crippen molar-refractivity contribution in [3.05, 3.63) is 53.9 Å². The Morgan fingerprint density at radius 3 is 2.38 bits per heavy atom. The molecule has 0 saturated heterocycles. The van der Waals surface area contributed by atoms with Crippen LogP contribution in [0.3, 0.4) is 0 Å². The highest BCUT2D eigenvalue weighted by Crippen LogP contribution is 2.30. The van der Waals surface area contributed by atoms with Gasteiger partial charge in [0.1, 0.15) is 6.10 Å². The lowest BCUT2D eigenvalue weighted by molar-refractivity contribution is -0.132. The van der Waals surface area contributed by atoms with Gasteiger partial charge in [-0.25, -0.2) is 13.9 Å². The van der Waals surface area contributed by atoms with Crippen molar-refractivity contribution in [3.63, 3.8) is 0 Å². The molecule has 0 spiro atoms. The zero-order chi connectivity index (χ0) is 21.2. The fourth-order valence-electron chi connectivity index (χ4n) is 3.17. The molecular formula is C20H23N3O5S. The monoisotopic (exact) mass is 417 g/mol. The third kappa shape index (κ3) is 4.30. The molecule has 1 aromatic carbocycles. The number of aryl methyl sites for hydroxylation is 1. The number of sulfone groups is 1. The number of aromatic nitrogens is 1. The van der Waals surface area contributed by atoms with Crippen molar-refractivity contribution in [1.29, 1.82) is 0 Å². The second-order valence-corrected chi connectivity index (χ2v) is 9.83. The van der Waals surface area contributed by atoms with Crippen LogP contribution in [0.5, 0.6) is 0 Å². The Kier molecular flexibility index (Phi) is 5.72. The molecule has 9 heteroatoms. The lowest BCUT2D eigenvalue weighted by atomic mass is 9.96. The molecule has 2 heterocycles. The minimum Gasteiger partial charge on any atom is -0.392 e. The standard InChI is InChI=1S/C20H23N3O5S/c1-13-4-5-16(12-21-13)14-6-8-15(9-7-14)18-10-17(28-23-18)11-20(2,19(24)22-25)29(3,26)27/h4-9,12,17,25H,10-11H2,1-3H3,(H,22,24)/t17-,20?/m1/s1. The summed E-state index contributed by atoms with van der Waals surface area (Å²) in [7, 11) is -3.79. The highest BCUT2D eigenvalue weighted by atomic mass is 32.2. The van der Waals surface area contributed by atoms with Crippen LogP contribution in [0.4, 0.5) is 0 Å². The van der Waals surface area contributed by atoms with Gasteiger partial charge in [0, 0.05) is 36.6 Å². The van der Waals surface area contributed by atoms with Crippen LogP contribution in [-0.2, 0) is 19.5 Å². The molecule has 0 bridgehead atoms. The van der Waals surface area contributed by atoms with E-state index in [2.05, 4.69) is 10.1 Å². The first-order valence-corrected chi connectivity index (χ1v) is 10.9. The number of hydrogen-bond donors (Lipinski definition) is 2. The molecule has 0 saturated carbocycles. The van der Waals surface area contributed by atoms with E-state index in [1.165, 1.54) is 12.4 Å². The zero-order valence-corrected chi connectivity index (χ0v) is 17.2. The Bertz CT molecular complexity index is 1030. The highest BCUT2D eigenvalue weighted by molar-refractivity contribution is 7.92. The number of hydroxylamine groups is 1. The first-order valence-electron chi connectivity index (χ1n) is 9.04. The molecule has 0 aliphatic carbocycles. The van der Waals surface area contributed by atoms with Gasteiger partial charge in [-0.15, -0.1) is 0 Å². The lowest BCUT2D eigenvalue weighted by Crippen LogP contribution is -2.51. The summed E-state index contributed by atoms with van der Waals surface area (Å²) in [6, 6.07) is 11.7. The van der Waals surface area contributed by atoms with E-state index in [-0.39, 0.29) is 6.42 Å². The molecule has 8 nitrogen and oxygen atoms in total. The summed E-state index contributed by atoms with van der Waals surface area (Å²) in [6.45, 7) is 3.19. The maximum atomic E-state index is 12.1. The Morgan fingerprint density at radius 2 is 1.83 bits per heavy atom. The van der Waals surface area contributed by atoms with Crippen LogP contribution in [-0.4, -0.2) is 47.3 Å². The van der Waals surface area contributed by atoms with Gasteiger partial charge in [-0.2, -0.15) is 0 Å². The van der Waals surface area contributed by atoms with Crippen molar-refractivity contribution in [2.75, 3.05) is 6.26 Å². The minimum atomic E-state index is -3.79. The third-order valence-electron chi connectivity index (χ3n) is 5.21. The molecule has 1 amide bonds. The Labute approximate surface area is 169 Å². The normalized spacial score (nSPS) is 18.5. The largest absolute Gasteiger partial charge is 0.392 e. The van der Waals surface area contributed by atoms with E-state index >= 15 is 0 Å². The second kappa shape index (κ2) is 7.92. The van der Waals surface area contributed by atoms with E-state index < -0.39 is 26.6 Å². The molecule has 29 heavy (non-hydrogen) atoms. The van der Waals surface area contributed by atoms with Gasteiger partial charge in [0.2, 0.25) is 0 Å². The summed E-state index contributed by atoms with van der Waals surface area (Å²) in [6.07, 6.45) is 2.41. The predicted molar refractivity (Wildman–Crippen MR) is 108 cm³/mol. The fraction of sp³-hybridized carbons (Fsp3) is 0.350. The molecule has 154 valence electrons. The summed E-state index contributed by atoms with van der Waals surface area (Å²) < 4.78 is 22.4. The van der Waals surface area contributed by atoms with Crippen molar-refractivity contribution in [3.8, 4) is 11.1 Å². The molecule has 2 N–H and O–H groups in total. The van der Waals surface area contributed by atoms with E-state index in [4.69, 9.17) is 10.0 Å². The summed E-state index contributed by atoms with van der Waals surface area (Å²) >= 11 is 0. The van der Waals surface area contributed by atoms with Crippen LogP contribution >= 0.6 is 0 Å².